The summed E-state index contributed by atoms with van der Waals surface area (Å²) in [6.45, 7) is 4.10. The van der Waals surface area contributed by atoms with E-state index in [1.165, 1.54) is 0 Å². The van der Waals surface area contributed by atoms with Crippen LogP contribution in [0.1, 0.15) is 56.9 Å². The van der Waals surface area contributed by atoms with E-state index in [9.17, 15) is 9.90 Å². The number of hydrogen-bond donors (Lipinski definition) is 2. The number of nitrogens with one attached hydrogen (secondary N) is 1. The van der Waals surface area contributed by atoms with E-state index in [1.54, 1.807) is 0 Å². The first kappa shape index (κ1) is 15.2. The summed E-state index contributed by atoms with van der Waals surface area (Å²) in [4.78, 5) is 14.7. The number of nitrogens with zero attached hydrogens (tertiary/aromatic N) is 1. The highest BCUT2D eigenvalue weighted by Gasteiger charge is 2.62. The molecule has 3 aliphatic rings. The minimum atomic E-state index is -0.817. The number of piperidine rings is 1. The van der Waals surface area contributed by atoms with Crippen molar-refractivity contribution in [3.63, 3.8) is 0 Å². The summed E-state index contributed by atoms with van der Waals surface area (Å²) in [7, 11) is 0. The van der Waals surface area contributed by atoms with Crippen molar-refractivity contribution in [3.8, 4) is 0 Å². The zero-order chi connectivity index (χ0) is 16.1. The Morgan fingerprint density at radius 1 is 1.30 bits per heavy atom. The summed E-state index contributed by atoms with van der Waals surface area (Å²) >= 11 is 0. The molecule has 23 heavy (non-hydrogen) atoms. The van der Waals surface area contributed by atoms with Crippen molar-refractivity contribution >= 4 is 11.6 Å². The van der Waals surface area contributed by atoms with Gasteiger partial charge in [0.15, 0.2) is 0 Å². The zero-order valence-corrected chi connectivity index (χ0v) is 13.8. The van der Waals surface area contributed by atoms with Gasteiger partial charge in [-0.25, -0.2) is 0 Å². The molecule has 0 saturated carbocycles. The van der Waals surface area contributed by atoms with E-state index in [4.69, 9.17) is 0 Å². The number of fused-ring (bicyclic) bond motifs is 2. The number of anilines is 1. The molecule has 0 unspecified atom stereocenters. The summed E-state index contributed by atoms with van der Waals surface area (Å²) < 4.78 is 0. The van der Waals surface area contributed by atoms with E-state index in [-0.39, 0.29) is 17.2 Å². The molecule has 0 bridgehead atoms. The summed E-state index contributed by atoms with van der Waals surface area (Å²) in [6, 6.07) is 8.04. The van der Waals surface area contributed by atoms with E-state index < -0.39 is 5.72 Å². The van der Waals surface area contributed by atoms with Gasteiger partial charge in [0.2, 0.25) is 5.91 Å². The molecule has 2 fully saturated rings. The summed E-state index contributed by atoms with van der Waals surface area (Å²) in [6.07, 6.45) is 5.28. The van der Waals surface area contributed by atoms with Gasteiger partial charge in [0.05, 0.1) is 0 Å². The van der Waals surface area contributed by atoms with Crippen molar-refractivity contribution in [2.75, 3.05) is 18.4 Å². The number of benzene rings is 1. The third-order valence-corrected chi connectivity index (χ3v) is 6.64. The maximum atomic E-state index is 12.4. The fourth-order valence-electron chi connectivity index (χ4n) is 5.43. The van der Waals surface area contributed by atoms with E-state index >= 15 is 0 Å². The Hall–Kier alpha value is -1.39. The van der Waals surface area contributed by atoms with E-state index in [2.05, 4.69) is 23.2 Å². The molecule has 1 aromatic rings. The number of amides is 1. The van der Waals surface area contributed by atoms with Crippen molar-refractivity contribution < 1.29 is 9.90 Å². The standard InChI is InChI=1S/C19H26N2O2/c1-2-18-10-5-12-21-13-9-15(19(18,21)23)14-6-3-4-7-16(14)20-17(22)8-11-18/h3-4,6-7,15,23H,2,5,8-13H2,1H3,(H,20,22)/t15-,18-,19-/m1/s1. The summed E-state index contributed by atoms with van der Waals surface area (Å²) in [5, 5.41) is 15.1. The predicted molar refractivity (Wildman–Crippen MR) is 90.1 cm³/mol. The third kappa shape index (κ3) is 2.01. The smallest absolute Gasteiger partial charge is 0.224 e. The lowest BCUT2D eigenvalue weighted by molar-refractivity contribution is -0.212. The Kier molecular flexibility index (Phi) is 3.50. The van der Waals surface area contributed by atoms with Crippen LogP contribution in [-0.4, -0.2) is 34.7 Å². The van der Waals surface area contributed by atoms with E-state index in [0.29, 0.717) is 6.42 Å². The molecule has 3 atom stereocenters. The average molecular weight is 314 g/mol. The molecule has 1 amide bonds. The van der Waals surface area contributed by atoms with E-state index in [0.717, 1.165) is 56.4 Å². The van der Waals surface area contributed by atoms with Gasteiger partial charge < -0.3 is 10.4 Å². The van der Waals surface area contributed by atoms with Crippen LogP contribution in [-0.2, 0) is 4.79 Å². The van der Waals surface area contributed by atoms with Gasteiger partial charge in [-0.1, -0.05) is 25.1 Å². The van der Waals surface area contributed by atoms with Crippen LogP contribution in [0.15, 0.2) is 24.3 Å². The normalized spacial score (nSPS) is 37.1. The molecule has 0 aliphatic carbocycles. The number of aliphatic hydroxyl groups is 1. The predicted octanol–water partition coefficient (Wildman–Crippen LogP) is 3.09. The van der Waals surface area contributed by atoms with Gasteiger partial charge in [-0.15, -0.1) is 0 Å². The Labute approximate surface area is 137 Å². The third-order valence-electron chi connectivity index (χ3n) is 6.64. The highest BCUT2D eigenvalue weighted by atomic mass is 16.3. The topological polar surface area (TPSA) is 52.6 Å². The van der Waals surface area contributed by atoms with Gasteiger partial charge in [-0.05, 0) is 43.7 Å². The fourth-order valence-corrected chi connectivity index (χ4v) is 5.43. The van der Waals surface area contributed by atoms with Crippen LogP contribution in [0.4, 0.5) is 5.69 Å². The Balaban J connectivity index is 1.91. The van der Waals surface area contributed by atoms with Crippen LogP contribution in [0.2, 0.25) is 0 Å². The monoisotopic (exact) mass is 314 g/mol. The maximum Gasteiger partial charge on any atom is 0.224 e. The van der Waals surface area contributed by atoms with Gasteiger partial charge in [0.1, 0.15) is 5.72 Å². The zero-order valence-electron chi connectivity index (χ0n) is 13.8. The van der Waals surface area contributed by atoms with Gasteiger partial charge in [-0.3, -0.25) is 9.69 Å². The van der Waals surface area contributed by atoms with Crippen LogP contribution < -0.4 is 5.32 Å². The summed E-state index contributed by atoms with van der Waals surface area (Å²) in [5.74, 6) is 0.156. The highest BCUT2D eigenvalue weighted by Crippen LogP contribution is 2.59. The quantitative estimate of drug-likeness (QED) is 0.837. The van der Waals surface area contributed by atoms with Crippen molar-refractivity contribution in [1.29, 1.82) is 0 Å². The van der Waals surface area contributed by atoms with Crippen molar-refractivity contribution in [1.82, 2.24) is 4.90 Å². The van der Waals surface area contributed by atoms with Crippen LogP contribution >= 0.6 is 0 Å². The molecule has 4 rings (SSSR count). The lowest BCUT2D eigenvalue weighted by atomic mass is 9.61. The number of carbonyl (C=O) groups excluding carboxylic acids is 1. The first-order valence-corrected chi connectivity index (χ1v) is 8.97. The van der Waals surface area contributed by atoms with Crippen molar-refractivity contribution in [2.24, 2.45) is 5.41 Å². The molecule has 3 aliphatic heterocycles. The second-order valence-electron chi connectivity index (χ2n) is 7.43. The molecule has 0 spiro atoms. The number of carbonyl (C=O) groups is 1. The summed E-state index contributed by atoms with van der Waals surface area (Å²) in [5.41, 5.74) is 0.992. The molecule has 3 heterocycles. The second-order valence-corrected chi connectivity index (χ2v) is 7.43. The minimum absolute atomic E-state index is 0.0750. The van der Waals surface area contributed by atoms with Crippen LogP contribution in [0.5, 0.6) is 0 Å². The van der Waals surface area contributed by atoms with Gasteiger partial charge in [-0.2, -0.15) is 0 Å². The lowest BCUT2D eigenvalue weighted by Crippen LogP contribution is -2.62. The largest absolute Gasteiger partial charge is 0.374 e. The van der Waals surface area contributed by atoms with Crippen LogP contribution in [0.25, 0.3) is 0 Å². The molecule has 4 nitrogen and oxygen atoms in total. The van der Waals surface area contributed by atoms with Crippen molar-refractivity contribution in [3.05, 3.63) is 29.8 Å². The molecular weight excluding hydrogens is 288 g/mol. The van der Waals surface area contributed by atoms with Gasteiger partial charge in [0.25, 0.3) is 0 Å². The Morgan fingerprint density at radius 3 is 2.96 bits per heavy atom. The molecule has 2 saturated heterocycles. The first-order valence-electron chi connectivity index (χ1n) is 8.97. The molecule has 1 aromatic carbocycles. The molecule has 0 radical (unpaired) electrons. The lowest BCUT2D eigenvalue weighted by Gasteiger charge is -2.55. The van der Waals surface area contributed by atoms with Gasteiger partial charge in [0, 0.05) is 36.5 Å². The molecule has 2 N–H and O–H groups in total. The minimum Gasteiger partial charge on any atom is -0.374 e. The van der Waals surface area contributed by atoms with Gasteiger partial charge >= 0.3 is 0 Å². The highest BCUT2D eigenvalue weighted by molar-refractivity contribution is 5.91. The SMILES string of the molecule is CC[C@@]12CCCN3CC[C@H](c4ccccc4NC(=O)CC1)[C@]32O. The second kappa shape index (κ2) is 5.32. The van der Waals surface area contributed by atoms with Crippen molar-refractivity contribution in [2.45, 2.75) is 57.1 Å². The molecular formula is C19H26N2O2. The molecule has 4 heteroatoms. The number of hydrogen-bond acceptors (Lipinski definition) is 3. The number of rotatable bonds is 1. The average Bonchev–Trinajstić information content (AvgIpc) is 2.92. The first-order chi connectivity index (χ1) is 11.1. The number of para-hydroxylation sites is 1. The maximum absolute atomic E-state index is 12.4. The molecule has 0 aromatic heterocycles. The van der Waals surface area contributed by atoms with Crippen LogP contribution in [0, 0.1) is 5.41 Å². The fraction of sp³-hybridized carbons (Fsp3) is 0.632. The van der Waals surface area contributed by atoms with E-state index in [1.807, 2.05) is 18.2 Å². The van der Waals surface area contributed by atoms with Crippen LogP contribution in [0.3, 0.4) is 0 Å². The Morgan fingerprint density at radius 2 is 2.13 bits per heavy atom. The molecule has 124 valence electrons. The Bertz CT molecular complexity index is 632.